The predicted octanol–water partition coefficient (Wildman–Crippen LogP) is 4.71. The number of rotatable bonds is 4. The summed E-state index contributed by atoms with van der Waals surface area (Å²) in [5, 5.41) is 4.85. The van der Waals surface area contributed by atoms with E-state index >= 15 is 0 Å². The van der Waals surface area contributed by atoms with Crippen molar-refractivity contribution in [3.63, 3.8) is 0 Å². The molecule has 21 heavy (non-hydrogen) atoms. The Hall–Kier alpha value is -1.41. The molecule has 1 heterocycles. The number of aromatic nitrogens is 1. The van der Waals surface area contributed by atoms with Crippen LogP contribution >= 0.6 is 0 Å². The van der Waals surface area contributed by atoms with Crippen LogP contribution in [-0.4, -0.2) is 12.0 Å². The first-order chi connectivity index (χ1) is 10.3. The first-order valence-corrected chi connectivity index (χ1v) is 8.36. The first-order valence-electron chi connectivity index (χ1n) is 8.36. The third-order valence-electron chi connectivity index (χ3n) is 5.23. The lowest BCUT2D eigenvalue weighted by Crippen LogP contribution is -2.32. The molecule has 1 fully saturated rings. The Morgan fingerprint density at radius 3 is 2.81 bits per heavy atom. The van der Waals surface area contributed by atoms with E-state index in [1.54, 1.807) is 0 Å². The highest BCUT2D eigenvalue weighted by molar-refractivity contribution is 5.82. The fraction of sp³-hybridized carbons (Fsp3) is 0.526. The molecule has 1 saturated carbocycles. The third kappa shape index (κ3) is 2.82. The summed E-state index contributed by atoms with van der Waals surface area (Å²) in [6.07, 6.45) is 8.71. The first kappa shape index (κ1) is 14.5. The molecule has 1 aliphatic carbocycles. The SMILES string of the molecule is CCC1CCCCC1C(NC)c1cccc2cccnc12. The Morgan fingerprint density at radius 1 is 1.19 bits per heavy atom. The largest absolute Gasteiger partial charge is 0.313 e. The monoisotopic (exact) mass is 282 g/mol. The maximum Gasteiger partial charge on any atom is 0.0749 e. The molecule has 0 aliphatic heterocycles. The number of fused-ring (bicyclic) bond motifs is 1. The van der Waals surface area contributed by atoms with E-state index < -0.39 is 0 Å². The van der Waals surface area contributed by atoms with Gasteiger partial charge in [-0.15, -0.1) is 0 Å². The summed E-state index contributed by atoms with van der Waals surface area (Å²) in [4.78, 5) is 4.66. The van der Waals surface area contributed by atoms with Gasteiger partial charge in [0.15, 0.2) is 0 Å². The van der Waals surface area contributed by atoms with Gasteiger partial charge in [0.2, 0.25) is 0 Å². The zero-order valence-corrected chi connectivity index (χ0v) is 13.2. The van der Waals surface area contributed by atoms with Gasteiger partial charge in [-0.1, -0.05) is 56.9 Å². The Balaban J connectivity index is 2.01. The molecule has 1 aromatic carbocycles. The van der Waals surface area contributed by atoms with Crippen molar-refractivity contribution in [1.82, 2.24) is 10.3 Å². The van der Waals surface area contributed by atoms with Gasteiger partial charge in [-0.3, -0.25) is 4.98 Å². The highest BCUT2D eigenvalue weighted by Gasteiger charge is 2.31. The molecule has 0 amide bonds. The van der Waals surface area contributed by atoms with E-state index in [1.165, 1.54) is 48.6 Å². The van der Waals surface area contributed by atoms with Crippen LogP contribution in [-0.2, 0) is 0 Å². The quantitative estimate of drug-likeness (QED) is 0.878. The van der Waals surface area contributed by atoms with E-state index in [4.69, 9.17) is 0 Å². The summed E-state index contributed by atoms with van der Waals surface area (Å²) in [5.41, 5.74) is 2.54. The number of hydrogen-bond acceptors (Lipinski definition) is 2. The molecule has 2 aromatic rings. The second-order valence-corrected chi connectivity index (χ2v) is 6.31. The van der Waals surface area contributed by atoms with Gasteiger partial charge in [0.25, 0.3) is 0 Å². The number of nitrogens with one attached hydrogen (secondary N) is 1. The molecular weight excluding hydrogens is 256 g/mol. The topological polar surface area (TPSA) is 24.9 Å². The van der Waals surface area contributed by atoms with Crippen LogP contribution in [0.5, 0.6) is 0 Å². The van der Waals surface area contributed by atoms with E-state index in [-0.39, 0.29) is 0 Å². The zero-order chi connectivity index (χ0) is 14.7. The lowest BCUT2D eigenvalue weighted by atomic mass is 9.72. The molecular formula is C19H26N2. The van der Waals surface area contributed by atoms with Crippen molar-refractivity contribution >= 4 is 10.9 Å². The van der Waals surface area contributed by atoms with Crippen LogP contribution in [0.15, 0.2) is 36.5 Å². The molecule has 3 rings (SSSR count). The van der Waals surface area contributed by atoms with Gasteiger partial charge >= 0.3 is 0 Å². The number of hydrogen-bond donors (Lipinski definition) is 1. The number of pyridine rings is 1. The van der Waals surface area contributed by atoms with Crippen molar-refractivity contribution in [3.8, 4) is 0 Å². The summed E-state index contributed by atoms with van der Waals surface area (Å²) in [6.45, 7) is 2.34. The van der Waals surface area contributed by atoms with E-state index in [0.29, 0.717) is 6.04 Å². The van der Waals surface area contributed by atoms with Crippen molar-refractivity contribution in [2.45, 2.75) is 45.1 Å². The highest BCUT2D eigenvalue weighted by atomic mass is 14.9. The molecule has 2 heteroatoms. The Kier molecular flexibility index (Phi) is 4.54. The van der Waals surface area contributed by atoms with Gasteiger partial charge in [0, 0.05) is 17.6 Å². The highest BCUT2D eigenvalue weighted by Crippen LogP contribution is 2.41. The molecule has 1 aliphatic rings. The van der Waals surface area contributed by atoms with Crippen molar-refractivity contribution in [2.24, 2.45) is 11.8 Å². The van der Waals surface area contributed by atoms with E-state index in [0.717, 1.165) is 11.8 Å². The van der Waals surface area contributed by atoms with Gasteiger partial charge in [-0.2, -0.15) is 0 Å². The molecule has 1 N–H and O–H groups in total. The van der Waals surface area contributed by atoms with E-state index in [9.17, 15) is 0 Å². The van der Waals surface area contributed by atoms with Crippen molar-refractivity contribution in [2.75, 3.05) is 7.05 Å². The molecule has 0 spiro atoms. The average molecular weight is 282 g/mol. The van der Waals surface area contributed by atoms with E-state index in [1.807, 2.05) is 12.3 Å². The Morgan fingerprint density at radius 2 is 2.00 bits per heavy atom. The van der Waals surface area contributed by atoms with Crippen molar-refractivity contribution in [3.05, 3.63) is 42.1 Å². The number of benzene rings is 1. The Labute approximate surface area is 128 Å². The van der Waals surface area contributed by atoms with Crippen LogP contribution in [0.1, 0.15) is 50.6 Å². The lowest BCUT2D eigenvalue weighted by Gasteiger charge is -2.37. The summed E-state index contributed by atoms with van der Waals surface area (Å²) in [7, 11) is 2.10. The van der Waals surface area contributed by atoms with Crippen LogP contribution in [0.25, 0.3) is 10.9 Å². The van der Waals surface area contributed by atoms with Crippen molar-refractivity contribution in [1.29, 1.82) is 0 Å². The van der Waals surface area contributed by atoms with Gasteiger partial charge in [-0.05, 0) is 36.9 Å². The Bertz CT molecular complexity index is 588. The zero-order valence-electron chi connectivity index (χ0n) is 13.2. The summed E-state index contributed by atoms with van der Waals surface area (Å²) >= 11 is 0. The minimum absolute atomic E-state index is 0.425. The van der Waals surface area contributed by atoms with Crippen LogP contribution in [0.4, 0.5) is 0 Å². The fourth-order valence-corrected chi connectivity index (χ4v) is 4.16. The summed E-state index contributed by atoms with van der Waals surface area (Å²) in [5.74, 6) is 1.58. The normalized spacial score (nSPS) is 24.1. The predicted molar refractivity (Wildman–Crippen MR) is 89.3 cm³/mol. The van der Waals surface area contributed by atoms with Crippen LogP contribution in [0, 0.1) is 11.8 Å². The summed E-state index contributed by atoms with van der Waals surface area (Å²) in [6, 6.07) is 11.2. The molecule has 0 saturated heterocycles. The smallest absolute Gasteiger partial charge is 0.0749 e. The number of para-hydroxylation sites is 1. The molecule has 2 nitrogen and oxygen atoms in total. The second-order valence-electron chi connectivity index (χ2n) is 6.31. The standard InChI is InChI=1S/C19H26N2/c1-3-14-8-4-5-11-16(14)19(20-2)17-12-6-9-15-10-7-13-21-18(15)17/h6-7,9-10,12-14,16,19-20H,3-5,8,11H2,1-2H3. The minimum Gasteiger partial charge on any atom is -0.313 e. The summed E-state index contributed by atoms with van der Waals surface area (Å²) < 4.78 is 0. The maximum absolute atomic E-state index is 4.66. The van der Waals surface area contributed by atoms with Gasteiger partial charge in [-0.25, -0.2) is 0 Å². The molecule has 112 valence electrons. The maximum atomic E-state index is 4.66. The molecule has 3 unspecified atom stereocenters. The minimum atomic E-state index is 0.425. The third-order valence-corrected chi connectivity index (χ3v) is 5.23. The van der Waals surface area contributed by atoms with Gasteiger partial charge in [0.05, 0.1) is 5.52 Å². The fourth-order valence-electron chi connectivity index (χ4n) is 4.16. The van der Waals surface area contributed by atoms with Crippen molar-refractivity contribution < 1.29 is 0 Å². The molecule has 0 bridgehead atoms. The second kappa shape index (κ2) is 6.57. The number of nitrogens with zero attached hydrogens (tertiary/aromatic N) is 1. The van der Waals surface area contributed by atoms with Crippen LogP contribution in [0.3, 0.4) is 0 Å². The molecule has 1 aromatic heterocycles. The van der Waals surface area contributed by atoms with Crippen LogP contribution in [0.2, 0.25) is 0 Å². The van der Waals surface area contributed by atoms with Gasteiger partial charge in [0.1, 0.15) is 0 Å². The molecule has 0 radical (unpaired) electrons. The molecule has 3 atom stereocenters. The van der Waals surface area contributed by atoms with Gasteiger partial charge < -0.3 is 5.32 Å². The van der Waals surface area contributed by atoms with Crippen LogP contribution < -0.4 is 5.32 Å². The van der Waals surface area contributed by atoms with E-state index in [2.05, 4.69) is 48.5 Å². The average Bonchev–Trinajstić information content (AvgIpc) is 2.56. The lowest BCUT2D eigenvalue weighted by molar-refractivity contribution is 0.181.